The van der Waals surface area contributed by atoms with Crippen molar-refractivity contribution in [2.75, 3.05) is 6.61 Å². The molecule has 0 heterocycles. The van der Waals surface area contributed by atoms with Crippen molar-refractivity contribution in [1.29, 1.82) is 0 Å². The fraction of sp³-hybridized carbons (Fsp3) is 0.455. The van der Waals surface area contributed by atoms with Crippen molar-refractivity contribution in [3.63, 3.8) is 0 Å². The van der Waals surface area contributed by atoms with Crippen LogP contribution in [0.15, 0.2) is 24.3 Å². The van der Waals surface area contributed by atoms with Crippen molar-refractivity contribution in [3.05, 3.63) is 35.6 Å². The quantitative estimate of drug-likeness (QED) is 0.770. The van der Waals surface area contributed by atoms with Crippen LogP contribution in [0.4, 0.5) is 4.39 Å². The Morgan fingerprint density at radius 1 is 1.50 bits per heavy atom. The van der Waals surface area contributed by atoms with Gasteiger partial charge in [-0.3, -0.25) is 0 Å². The van der Waals surface area contributed by atoms with E-state index in [1.807, 2.05) is 13.0 Å². The second-order valence-corrected chi connectivity index (χ2v) is 3.53. The second-order valence-electron chi connectivity index (χ2n) is 3.53. The van der Waals surface area contributed by atoms with Crippen molar-refractivity contribution < 1.29 is 9.50 Å². The van der Waals surface area contributed by atoms with Gasteiger partial charge in [0, 0.05) is 18.6 Å². The number of rotatable bonds is 4. The Kier molecular flexibility index (Phi) is 4.04. The molecule has 0 aromatic heterocycles. The van der Waals surface area contributed by atoms with E-state index in [4.69, 9.17) is 10.8 Å². The van der Waals surface area contributed by atoms with Gasteiger partial charge in [0.2, 0.25) is 0 Å². The van der Waals surface area contributed by atoms with Crippen molar-refractivity contribution in [2.24, 2.45) is 5.73 Å². The highest BCUT2D eigenvalue weighted by molar-refractivity contribution is 5.22. The Labute approximate surface area is 83.6 Å². The minimum atomic E-state index is -0.258. The molecule has 0 fully saturated rings. The minimum absolute atomic E-state index is 0.0238. The fourth-order valence-corrected chi connectivity index (χ4v) is 1.61. The Bertz CT molecular complexity index is 288. The molecule has 0 amide bonds. The van der Waals surface area contributed by atoms with Gasteiger partial charge in [-0.2, -0.15) is 0 Å². The first-order valence-corrected chi connectivity index (χ1v) is 4.77. The van der Waals surface area contributed by atoms with Crippen molar-refractivity contribution in [2.45, 2.75) is 25.3 Å². The summed E-state index contributed by atoms with van der Waals surface area (Å²) >= 11 is 0. The third-order valence-corrected chi connectivity index (χ3v) is 2.35. The van der Waals surface area contributed by atoms with E-state index >= 15 is 0 Å². The molecule has 0 bridgehead atoms. The number of halogens is 1. The lowest BCUT2D eigenvalue weighted by Crippen LogP contribution is -2.25. The van der Waals surface area contributed by atoms with Crippen LogP contribution in [-0.4, -0.2) is 17.8 Å². The maximum Gasteiger partial charge on any atom is 0.123 e. The molecule has 0 aliphatic heterocycles. The van der Waals surface area contributed by atoms with Gasteiger partial charge in [0.15, 0.2) is 0 Å². The fourth-order valence-electron chi connectivity index (χ4n) is 1.61. The molecule has 0 saturated heterocycles. The van der Waals surface area contributed by atoms with Crippen LogP contribution >= 0.6 is 0 Å². The molecule has 1 aromatic rings. The van der Waals surface area contributed by atoms with E-state index in [-0.39, 0.29) is 24.4 Å². The Hall–Kier alpha value is -0.930. The van der Waals surface area contributed by atoms with Gasteiger partial charge in [-0.25, -0.2) is 4.39 Å². The average Bonchev–Trinajstić information content (AvgIpc) is 2.13. The highest BCUT2D eigenvalue weighted by atomic mass is 19.1. The maximum absolute atomic E-state index is 12.9. The molecular formula is C11H16FNO. The molecule has 0 radical (unpaired) electrons. The maximum atomic E-state index is 12.9. The van der Waals surface area contributed by atoms with Crippen LogP contribution in [0.1, 0.15) is 24.8 Å². The standard InChI is InChI=1S/C11H16FNO/c1-8(13)11(5-6-14)9-3-2-4-10(12)7-9/h2-4,7-8,11,14H,5-6,13H2,1H3. The highest BCUT2D eigenvalue weighted by Crippen LogP contribution is 2.22. The van der Waals surface area contributed by atoms with Gasteiger partial charge in [0.1, 0.15) is 5.82 Å². The smallest absolute Gasteiger partial charge is 0.123 e. The van der Waals surface area contributed by atoms with Gasteiger partial charge in [-0.1, -0.05) is 12.1 Å². The van der Waals surface area contributed by atoms with Crippen LogP contribution in [-0.2, 0) is 0 Å². The predicted octanol–water partition coefficient (Wildman–Crippen LogP) is 1.64. The summed E-state index contributed by atoms with van der Waals surface area (Å²) in [6, 6.07) is 6.30. The molecule has 1 rings (SSSR count). The molecule has 0 saturated carbocycles. The van der Waals surface area contributed by atoms with Gasteiger partial charge >= 0.3 is 0 Å². The minimum Gasteiger partial charge on any atom is -0.396 e. The number of aliphatic hydroxyl groups excluding tert-OH is 1. The largest absolute Gasteiger partial charge is 0.396 e. The zero-order chi connectivity index (χ0) is 10.6. The summed E-state index contributed by atoms with van der Waals surface area (Å²) in [7, 11) is 0. The first kappa shape index (κ1) is 11.1. The SMILES string of the molecule is CC(N)C(CCO)c1cccc(F)c1. The molecular weight excluding hydrogens is 181 g/mol. The zero-order valence-electron chi connectivity index (χ0n) is 8.28. The Morgan fingerprint density at radius 2 is 2.21 bits per heavy atom. The molecule has 2 atom stereocenters. The van der Waals surface area contributed by atoms with Crippen molar-refractivity contribution in [1.82, 2.24) is 0 Å². The molecule has 78 valence electrons. The summed E-state index contributed by atoms with van der Waals surface area (Å²) in [5, 5.41) is 8.87. The summed E-state index contributed by atoms with van der Waals surface area (Å²) in [4.78, 5) is 0. The third kappa shape index (κ3) is 2.79. The second kappa shape index (κ2) is 5.08. The summed E-state index contributed by atoms with van der Waals surface area (Å²) in [5.41, 5.74) is 6.63. The van der Waals surface area contributed by atoms with E-state index in [1.165, 1.54) is 12.1 Å². The zero-order valence-corrected chi connectivity index (χ0v) is 8.28. The van der Waals surface area contributed by atoms with Crippen LogP contribution in [0.25, 0.3) is 0 Å². The lowest BCUT2D eigenvalue weighted by Gasteiger charge is -2.20. The molecule has 3 heteroatoms. The van der Waals surface area contributed by atoms with Gasteiger partial charge in [-0.05, 0) is 31.0 Å². The normalized spacial score (nSPS) is 15.1. The first-order chi connectivity index (χ1) is 6.65. The molecule has 2 nitrogen and oxygen atoms in total. The van der Waals surface area contributed by atoms with Gasteiger partial charge in [0.25, 0.3) is 0 Å². The molecule has 0 spiro atoms. The van der Waals surface area contributed by atoms with Crippen LogP contribution in [0.3, 0.4) is 0 Å². The van der Waals surface area contributed by atoms with E-state index in [0.717, 1.165) is 5.56 Å². The van der Waals surface area contributed by atoms with Crippen LogP contribution in [0.2, 0.25) is 0 Å². The van der Waals surface area contributed by atoms with Gasteiger partial charge < -0.3 is 10.8 Å². The van der Waals surface area contributed by atoms with Crippen LogP contribution in [0, 0.1) is 5.82 Å². The van der Waals surface area contributed by atoms with Crippen LogP contribution in [0.5, 0.6) is 0 Å². The number of benzene rings is 1. The topological polar surface area (TPSA) is 46.2 Å². The van der Waals surface area contributed by atoms with E-state index < -0.39 is 0 Å². The monoisotopic (exact) mass is 197 g/mol. The van der Waals surface area contributed by atoms with E-state index in [2.05, 4.69) is 0 Å². The molecule has 3 N–H and O–H groups in total. The van der Waals surface area contributed by atoms with Gasteiger partial charge in [-0.15, -0.1) is 0 Å². The molecule has 2 unspecified atom stereocenters. The van der Waals surface area contributed by atoms with E-state index in [1.54, 1.807) is 6.07 Å². The number of hydrogen-bond donors (Lipinski definition) is 2. The summed E-state index contributed by atoms with van der Waals surface area (Å²) in [6.07, 6.45) is 0.571. The molecule has 0 aliphatic carbocycles. The van der Waals surface area contributed by atoms with Crippen LogP contribution < -0.4 is 5.73 Å². The average molecular weight is 197 g/mol. The Balaban J connectivity index is 2.87. The number of nitrogens with two attached hydrogens (primary N) is 1. The molecule has 1 aromatic carbocycles. The molecule has 0 aliphatic rings. The van der Waals surface area contributed by atoms with E-state index in [9.17, 15) is 4.39 Å². The third-order valence-electron chi connectivity index (χ3n) is 2.35. The number of aliphatic hydroxyl groups is 1. The van der Waals surface area contributed by atoms with Gasteiger partial charge in [0.05, 0.1) is 0 Å². The lowest BCUT2D eigenvalue weighted by atomic mass is 9.90. The summed E-state index contributed by atoms with van der Waals surface area (Å²) in [5.74, 6) is -0.234. The van der Waals surface area contributed by atoms with Crippen molar-refractivity contribution in [3.8, 4) is 0 Å². The van der Waals surface area contributed by atoms with E-state index in [0.29, 0.717) is 6.42 Å². The Morgan fingerprint density at radius 3 is 2.71 bits per heavy atom. The number of hydrogen-bond acceptors (Lipinski definition) is 2. The summed E-state index contributed by atoms with van der Waals surface area (Å²) < 4.78 is 12.9. The lowest BCUT2D eigenvalue weighted by molar-refractivity contribution is 0.269. The van der Waals surface area contributed by atoms with Crippen molar-refractivity contribution >= 4 is 0 Å². The molecule has 14 heavy (non-hydrogen) atoms. The first-order valence-electron chi connectivity index (χ1n) is 4.77. The predicted molar refractivity (Wildman–Crippen MR) is 54.5 cm³/mol. The highest BCUT2D eigenvalue weighted by Gasteiger charge is 2.15. The summed E-state index contributed by atoms with van der Waals surface area (Å²) in [6.45, 7) is 1.94.